The molecule has 0 saturated carbocycles. The van der Waals surface area contributed by atoms with Gasteiger partial charge in [0, 0.05) is 28.7 Å². The van der Waals surface area contributed by atoms with Gasteiger partial charge in [-0.25, -0.2) is 4.79 Å². The van der Waals surface area contributed by atoms with Crippen LogP contribution in [0.5, 0.6) is 0 Å². The lowest BCUT2D eigenvalue weighted by molar-refractivity contribution is 0.0601. The lowest BCUT2D eigenvalue weighted by Gasteiger charge is -2.05. The average molecular weight is 254 g/mol. The molecule has 19 heavy (non-hydrogen) atoms. The van der Waals surface area contributed by atoms with Crippen LogP contribution in [0.25, 0.3) is 21.7 Å². The summed E-state index contributed by atoms with van der Waals surface area (Å²) in [4.78, 5) is 30.3. The van der Waals surface area contributed by atoms with E-state index in [-0.39, 0.29) is 5.56 Å². The normalized spacial score (nSPS) is 10.8. The molecule has 0 unspecified atom stereocenters. The van der Waals surface area contributed by atoms with Gasteiger partial charge in [-0.1, -0.05) is 0 Å². The number of carbonyl (C=O) groups is 1. The molecule has 0 fully saturated rings. The molecule has 94 valence electrons. The molecular weight excluding hydrogens is 244 g/mol. The Balaban J connectivity index is 2.44. The van der Waals surface area contributed by atoms with Crippen molar-refractivity contribution in [2.45, 2.75) is 0 Å². The summed E-state index contributed by atoms with van der Waals surface area (Å²) in [6, 6.07) is 6.65. The van der Waals surface area contributed by atoms with Crippen molar-refractivity contribution in [2.75, 3.05) is 7.11 Å². The molecule has 3 rings (SSSR count). The fraction of sp³-hybridized carbons (Fsp3) is 0.0714. The Labute approximate surface area is 107 Å². The van der Waals surface area contributed by atoms with Gasteiger partial charge in [0.15, 0.2) is 0 Å². The maximum Gasteiger partial charge on any atom is 0.337 e. The molecule has 0 atom stereocenters. The molecule has 0 radical (unpaired) electrons. The molecule has 3 aromatic rings. The highest BCUT2D eigenvalue weighted by Gasteiger charge is 2.09. The van der Waals surface area contributed by atoms with E-state index < -0.39 is 5.97 Å². The summed E-state index contributed by atoms with van der Waals surface area (Å²) in [6.07, 6.45) is 3.18. The van der Waals surface area contributed by atoms with Crippen LogP contribution >= 0.6 is 0 Å². The van der Waals surface area contributed by atoms with Crippen molar-refractivity contribution in [1.82, 2.24) is 9.97 Å². The highest BCUT2D eigenvalue weighted by Crippen LogP contribution is 2.21. The fourth-order valence-corrected chi connectivity index (χ4v) is 2.12. The minimum Gasteiger partial charge on any atom is -0.465 e. The number of aromatic amines is 1. The average Bonchev–Trinajstić information content (AvgIpc) is 2.46. The Kier molecular flexibility index (Phi) is 2.52. The second-order valence-corrected chi connectivity index (χ2v) is 4.13. The number of esters is 1. The topological polar surface area (TPSA) is 72.1 Å². The van der Waals surface area contributed by atoms with E-state index in [9.17, 15) is 9.59 Å². The largest absolute Gasteiger partial charge is 0.465 e. The van der Waals surface area contributed by atoms with Crippen LogP contribution in [0.4, 0.5) is 0 Å². The van der Waals surface area contributed by atoms with E-state index in [1.165, 1.54) is 7.11 Å². The standard InChI is InChI=1S/C14H10N2O3/c1-19-14(18)8-2-3-12-10(6-8)11-7-15-5-4-9(11)13(17)16-12/h2-7H,1H3,(H,16,17). The molecule has 5 heteroatoms. The van der Waals surface area contributed by atoms with Crippen molar-refractivity contribution in [2.24, 2.45) is 0 Å². The van der Waals surface area contributed by atoms with Gasteiger partial charge in [-0.05, 0) is 24.3 Å². The molecule has 1 N–H and O–H groups in total. The van der Waals surface area contributed by atoms with Crippen LogP contribution in [0.3, 0.4) is 0 Å². The predicted molar refractivity (Wildman–Crippen MR) is 71.2 cm³/mol. The van der Waals surface area contributed by atoms with Gasteiger partial charge in [-0.2, -0.15) is 0 Å². The summed E-state index contributed by atoms with van der Waals surface area (Å²) in [5.41, 5.74) is 0.932. The second kappa shape index (κ2) is 4.20. The SMILES string of the molecule is COC(=O)c1ccc2[nH]c(=O)c3ccncc3c2c1. The third kappa shape index (κ3) is 1.76. The molecule has 0 aliphatic heterocycles. The van der Waals surface area contributed by atoms with Crippen molar-refractivity contribution >= 4 is 27.6 Å². The Morgan fingerprint density at radius 2 is 2.05 bits per heavy atom. The van der Waals surface area contributed by atoms with Crippen molar-refractivity contribution < 1.29 is 9.53 Å². The minimum absolute atomic E-state index is 0.171. The fourth-order valence-electron chi connectivity index (χ4n) is 2.12. The summed E-state index contributed by atoms with van der Waals surface area (Å²) in [5.74, 6) is -0.412. The van der Waals surface area contributed by atoms with Gasteiger partial charge in [0.25, 0.3) is 5.56 Å². The number of nitrogens with zero attached hydrogens (tertiary/aromatic N) is 1. The third-order valence-electron chi connectivity index (χ3n) is 3.04. The van der Waals surface area contributed by atoms with Crippen molar-refractivity contribution in [3.05, 3.63) is 52.6 Å². The van der Waals surface area contributed by atoms with Crippen LogP contribution in [-0.2, 0) is 4.74 Å². The molecule has 5 nitrogen and oxygen atoms in total. The molecule has 0 saturated heterocycles. The second-order valence-electron chi connectivity index (χ2n) is 4.13. The Morgan fingerprint density at radius 1 is 1.21 bits per heavy atom. The van der Waals surface area contributed by atoms with Gasteiger partial charge >= 0.3 is 5.97 Å². The summed E-state index contributed by atoms with van der Waals surface area (Å²) in [6.45, 7) is 0. The number of carbonyl (C=O) groups excluding carboxylic acids is 1. The summed E-state index contributed by atoms with van der Waals surface area (Å²) in [7, 11) is 1.33. The number of aromatic nitrogens is 2. The maximum absolute atomic E-state index is 11.9. The van der Waals surface area contributed by atoms with E-state index in [1.54, 1.807) is 36.7 Å². The molecular formula is C14H10N2O3. The van der Waals surface area contributed by atoms with Crippen LogP contribution in [0, 0.1) is 0 Å². The zero-order valence-electron chi connectivity index (χ0n) is 10.1. The van der Waals surface area contributed by atoms with Gasteiger partial charge in [0.2, 0.25) is 0 Å². The first-order chi connectivity index (χ1) is 9.20. The number of pyridine rings is 2. The number of benzene rings is 1. The van der Waals surface area contributed by atoms with E-state index in [0.717, 1.165) is 5.39 Å². The maximum atomic E-state index is 11.9. The molecule has 2 heterocycles. The van der Waals surface area contributed by atoms with Crippen LogP contribution in [-0.4, -0.2) is 23.0 Å². The number of methoxy groups -OCH3 is 1. The zero-order valence-corrected chi connectivity index (χ0v) is 10.1. The number of hydrogen-bond acceptors (Lipinski definition) is 4. The van der Waals surface area contributed by atoms with Gasteiger partial charge in [-0.3, -0.25) is 9.78 Å². The van der Waals surface area contributed by atoms with Gasteiger partial charge < -0.3 is 9.72 Å². The van der Waals surface area contributed by atoms with E-state index in [2.05, 4.69) is 9.97 Å². The first kappa shape index (κ1) is 11.4. The van der Waals surface area contributed by atoms with Crippen molar-refractivity contribution in [1.29, 1.82) is 0 Å². The number of nitrogens with one attached hydrogen (secondary N) is 1. The predicted octanol–water partition coefficient (Wildman–Crippen LogP) is 1.86. The van der Waals surface area contributed by atoms with Crippen LogP contribution in [0.1, 0.15) is 10.4 Å². The van der Waals surface area contributed by atoms with E-state index in [1.807, 2.05) is 0 Å². The van der Waals surface area contributed by atoms with E-state index in [0.29, 0.717) is 21.9 Å². The molecule has 0 aliphatic carbocycles. The number of fused-ring (bicyclic) bond motifs is 3. The minimum atomic E-state index is -0.412. The first-order valence-corrected chi connectivity index (χ1v) is 5.69. The molecule has 0 aliphatic rings. The van der Waals surface area contributed by atoms with Gasteiger partial charge in [-0.15, -0.1) is 0 Å². The molecule has 0 bridgehead atoms. The lowest BCUT2D eigenvalue weighted by Crippen LogP contribution is -2.07. The Hall–Kier alpha value is -2.69. The number of ether oxygens (including phenoxy) is 1. The van der Waals surface area contributed by atoms with Crippen LogP contribution < -0.4 is 5.56 Å². The molecule has 0 spiro atoms. The van der Waals surface area contributed by atoms with Gasteiger partial charge in [0.05, 0.1) is 18.1 Å². The van der Waals surface area contributed by atoms with E-state index in [4.69, 9.17) is 4.74 Å². The number of rotatable bonds is 1. The van der Waals surface area contributed by atoms with Crippen LogP contribution in [0.2, 0.25) is 0 Å². The summed E-state index contributed by atoms with van der Waals surface area (Å²) >= 11 is 0. The first-order valence-electron chi connectivity index (χ1n) is 5.69. The lowest BCUT2D eigenvalue weighted by atomic mass is 10.1. The zero-order chi connectivity index (χ0) is 13.4. The molecule has 1 aromatic carbocycles. The highest BCUT2D eigenvalue weighted by molar-refractivity contribution is 6.07. The third-order valence-corrected chi connectivity index (χ3v) is 3.04. The molecule has 2 aromatic heterocycles. The highest BCUT2D eigenvalue weighted by atomic mass is 16.5. The number of H-pyrrole nitrogens is 1. The summed E-state index contributed by atoms with van der Waals surface area (Å²) in [5, 5.41) is 2.03. The van der Waals surface area contributed by atoms with Gasteiger partial charge in [0.1, 0.15) is 0 Å². The Bertz CT molecular complexity index is 852. The van der Waals surface area contributed by atoms with Crippen LogP contribution in [0.15, 0.2) is 41.5 Å². The monoisotopic (exact) mass is 254 g/mol. The Morgan fingerprint density at radius 3 is 2.84 bits per heavy atom. The smallest absolute Gasteiger partial charge is 0.337 e. The quantitative estimate of drug-likeness (QED) is 0.531. The van der Waals surface area contributed by atoms with E-state index >= 15 is 0 Å². The van der Waals surface area contributed by atoms with Crippen molar-refractivity contribution in [3.63, 3.8) is 0 Å². The number of hydrogen-bond donors (Lipinski definition) is 1. The molecule has 0 amide bonds. The summed E-state index contributed by atoms with van der Waals surface area (Å²) < 4.78 is 4.69. The van der Waals surface area contributed by atoms with Crippen molar-refractivity contribution in [3.8, 4) is 0 Å².